The molecule has 0 aliphatic carbocycles. The van der Waals surface area contributed by atoms with Crippen LogP contribution in [0.15, 0.2) is 24.5 Å². The zero-order valence-electron chi connectivity index (χ0n) is 8.85. The predicted octanol–water partition coefficient (Wildman–Crippen LogP) is 0.894. The summed E-state index contributed by atoms with van der Waals surface area (Å²) in [5, 5.41) is 17.0. The average molecular weight is 250 g/mol. The smallest absolute Gasteiger partial charge is 0.337 e. The molecule has 0 aliphatic rings. The van der Waals surface area contributed by atoms with Crippen molar-refractivity contribution in [2.75, 3.05) is 5.32 Å². The van der Waals surface area contributed by atoms with E-state index in [2.05, 4.69) is 20.5 Å². The van der Waals surface area contributed by atoms with Gasteiger partial charge in [-0.2, -0.15) is 5.10 Å². The molecule has 2 rings (SSSR count). The molecule has 0 aliphatic heterocycles. The molecule has 0 fully saturated rings. The summed E-state index contributed by atoms with van der Waals surface area (Å²) in [5.74, 6) is -2.79. The maximum atomic E-state index is 12.9. The topological polar surface area (TPSA) is 108 Å². The first-order valence-corrected chi connectivity index (χ1v) is 4.77. The number of benzene rings is 1. The van der Waals surface area contributed by atoms with E-state index in [4.69, 9.17) is 5.11 Å². The normalized spacial score (nSPS) is 10.1. The quantitative estimate of drug-likeness (QED) is 0.749. The van der Waals surface area contributed by atoms with Gasteiger partial charge in [0.1, 0.15) is 12.1 Å². The maximum Gasteiger partial charge on any atom is 0.337 e. The number of carboxylic acids is 1. The SMILES string of the molecule is O=C(Nc1ccc(F)cc1C(=O)O)c1ncn[nH]1. The van der Waals surface area contributed by atoms with Crippen LogP contribution in [0.2, 0.25) is 0 Å². The minimum atomic E-state index is -1.35. The highest BCUT2D eigenvalue weighted by Gasteiger charge is 2.15. The summed E-state index contributed by atoms with van der Waals surface area (Å²) >= 11 is 0. The van der Waals surface area contributed by atoms with Crippen molar-refractivity contribution in [3.05, 3.63) is 41.7 Å². The van der Waals surface area contributed by atoms with Crippen molar-refractivity contribution < 1.29 is 19.1 Å². The first kappa shape index (κ1) is 11.7. The molecule has 0 unspecified atom stereocenters. The number of anilines is 1. The van der Waals surface area contributed by atoms with Crippen LogP contribution in [0.5, 0.6) is 0 Å². The van der Waals surface area contributed by atoms with Crippen LogP contribution in [0.25, 0.3) is 0 Å². The second-order valence-electron chi connectivity index (χ2n) is 3.28. The first-order valence-electron chi connectivity index (χ1n) is 4.77. The van der Waals surface area contributed by atoms with Crippen molar-refractivity contribution in [1.29, 1.82) is 0 Å². The molecule has 1 aromatic carbocycles. The van der Waals surface area contributed by atoms with Crippen molar-refractivity contribution in [2.24, 2.45) is 0 Å². The third-order valence-corrected chi connectivity index (χ3v) is 2.09. The number of halogens is 1. The number of hydrogen-bond donors (Lipinski definition) is 3. The standard InChI is InChI=1S/C10H7FN4O3/c11-5-1-2-7(6(3-5)10(17)18)14-9(16)8-12-4-13-15-8/h1-4H,(H,14,16)(H,17,18)(H,12,13,15). The van der Waals surface area contributed by atoms with Gasteiger partial charge in [-0.1, -0.05) is 0 Å². The van der Waals surface area contributed by atoms with Crippen molar-refractivity contribution in [3.8, 4) is 0 Å². The second kappa shape index (κ2) is 4.62. The van der Waals surface area contributed by atoms with Crippen molar-refractivity contribution in [1.82, 2.24) is 15.2 Å². The molecule has 7 nitrogen and oxygen atoms in total. The molecule has 0 spiro atoms. The number of aromatic amines is 1. The fourth-order valence-electron chi connectivity index (χ4n) is 1.30. The van der Waals surface area contributed by atoms with Crippen LogP contribution < -0.4 is 5.32 Å². The Morgan fingerprint density at radius 1 is 1.39 bits per heavy atom. The molecule has 0 atom stereocenters. The van der Waals surface area contributed by atoms with Crippen LogP contribution in [-0.4, -0.2) is 32.2 Å². The van der Waals surface area contributed by atoms with Gasteiger partial charge in [-0.3, -0.25) is 9.89 Å². The van der Waals surface area contributed by atoms with Gasteiger partial charge in [0.25, 0.3) is 5.91 Å². The zero-order valence-corrected chi connectivity index (χ0v) is 8.85. The Bertz CT molecular complexity index is 597. The summed E-state index contributed by atoms with van der Waals surface area (Å²) in [4.78, 5) is 26.1. The summed E-state index contributed by atoms with van der Waals surface area (Å²) in [6.07, 6.45) is 1.14. The van der Waals surface area contributed by atoms with Gasteiger partial charge in [0, 0.05) is 0 Å². The van der Waals surface area contributed by atoms with Gasteiger partial charge in [-0.15, -0.1) is 0 Å². The number of H-pyrrole nitrogens is 1. The number of amides is 1. The minimum Gasteiger partial charge on any atom is -0.478 e. The fourth-order valence-corrected chi connectivity index (χ4v) is 1.30. The summed E-state index contributed by atoms with van der Waals surface area (Å²) in [6.45, 7) is 0. The van der Waals surface area contributed by atoms with Gasteiger partial charge in [-0.25, -0.2) is 14.2 Å². The lowest BCUT2D eigenvalue weighted by Gasteiger charge is -2.06. The number of aromatic nitrogens is 3. The van der Waals surface area contributed by atoms with Crippen LogP contribution in [0.3, 0.4) is 0 Å². The number of hydrogen-bond acceptors (Lipinski definition) is 4. The van der Waals surface area contributed by atoms with Gasteiger partial charge < -0.3 is 10.4 Å². The third-order valence-electron chi connectivity index (χ3n) is 2.09. The molecule has 1 aromatic heterocycles. The molecule has 0 radical (unpaired) electrons. The van der Waals surface area contributed by atoms with Crippen molar-refractivity contribution in [2.45, 2.75) is 0 Å². The summed E-state index contributed by atoms with van der Waals surface area (Å²) < 4.78 is 12.9. The third kappa shape index (κ3) is 2.32. The number of nitrogens with one attached hydrogen (secondary N) is 2. The molecule has 2 aromatic rings. The number of carbonyl (C=O) groups is 2. The van der Waals surface area contributed by atoms with E-state index in [1.807, 2.05) is 0 Å². The molecule has 0 saturated heterocycles. The Labute approximate surface area is 99.7 Å². The van der Waals surface area contributed by atoms with Crippen LogP contribution in [0.1, 0.15) is 21.0 Å². The first-order chi connectivity index (χ1) is 8.58. The van der Waals surface area contributed by atoms with Gasteiger partial charge in [-0.05, 0) is 18.2 Å². The highest BCUT2D eigenvalue weighted by atomic mass is 19.1. The number of carboxylic acid groups (broad SMARTS) is 1. The molecule has 0 bridgehead atoms. The average Bonchev–Trinajstić information content (AvgIpc) is 2.84. The van der Waals surface area contributed by atoms with E-state index in [0.717, 1.165) is 24.5 Å². The Balaban J connectivity index is 2.29. The van der Waals surface area contributed by atoms with Crippen molar-refractivity contribution >= 4 is 17.6 Å². The van der Waals surface area contributed by atoms with Gasteiger partial charge in [0.05, 0.1) is 11.3 Å². The maximum absolute atomic E-state index is 12.9. The molecule has 18 heavy (non-hydrogen) atoms. The van der Waals surface area contributed by atoms with E-state index in [0.29, 0.717) is 0 Å². The van der Waals surface area contributed by atoms with Gasteiger partial charge in [0.15, 0.2) is 0 Å². The number of aromatic carboxylic acids is 1. The van der Waals surface area contributed by atoms with Gasteiger partial charge >= 0.3 is 5.97 Å². The molecule has 1 heterocycles. The molecule has 3 N–H and O–H groups in total. The minimum absolute atomic E-state index is 0.0229. The van der Waals surface area contributed by atoms with Crippen LogP contribution in [-0.2, 0) is 0 Å². The Hall–Kier alpha value is -2.77. The number of carbonyl (C=O) groups excluding carboxylic acids is 1. The van der Waals surface area contributed by atoms with E-state index >= 15 is 0 Å². The van der Waals surface area contributed by atoms with E-state index in [9.17, 15) is 14.0 Å². The molecular weight excluding hydrogens is 243 g/mol. The molecule has 0 saturated carbocycles. The summed E-state index contributed by atoms with van der Waals surface area (Å²) in [6, 6.07) is 3.02. The van der Waals surface area contributed by atoms with E-state index < -0.39 is 17.7 Å². The van der Waals surface area contributed by atoms with Crippen LogP contribution in [0, 0.1) is 5.82 Å². The van der Waals surface area contributed by atoms with Gasteiger partial charge in [0.2, 0.25) is 5.82 Å². The largest absolute Gasteiger partial charge is 0.478 e. The Morgan fingerprint density at radius 2 is 2.17 bits per heavy atom. The highest BCUT2D eigenvalue weighted by molar-refractivity contribution is 6.05. The molecule has 92 valence electrons. The molecule has 1 amide bonds. The Kier molecular flexibility index (Phi) is 3.00. The molecular formula is C10H7FN4O3. The Morgan fingerprint density at radius 3 is 2.78 bits per heavy atom. The number of rotatable bonds is 3. The predicted molar refractivity (Wildman–Crippen MR) is 57.7 cm³/mol. The van der Waals surface area contributed by atoms with Crippen LogP contribution >= 0.6 is 0 Å². The van der Waals surface area contributed by atoms with E-state index in [-0.39, 0.29) is 17.1 Å². The summed E-state index contributed by atoms with van der Waals surface area (Å²) in [5.41, 5.74) is -0.367. The lowest BCUT2D eigenvalue weighted by molar-refractivity contribution is 0.0697. The highest BCUT2D eigenvalue weighted by Crippen LogP contribution is 2.17. The van der Waals surface area contributed by atoms with Crippen LogP contribution in [0.4, 0.5) is 10.1 Å². The van der Waals surface area contributed by atoms with E-state index in [1.54, 1.807) is 0 Å². The second-order valence-corrected chi connectivity index (χ2v) is 3.28. The monoisotopic (exact) mass is 250 g/mol. The summed E-state index contributed by atoms with van der Waals surface area (Å²) in [7, 11) is 0. The lowest BCUT2D eigenvalue weighted by Crippen LogP contribution is -2.16. The fraction of sp³-hybridized carbons (Fsp3) is 0. The number of nitrogens with zero attached hydrogens (tertiary/aromatic N) is 2. The zero-order chi connectivity index (χ0) is 13.1. The molecule has 8 heteroatoms. The van der Waals surface area contributed by atoms with E-state index in [1.165, 1.54) is 0 Å². The van der Waals surface area contributed by atoms with Crippen molar-refractivity contribution in [3.63, 3.8) is 0 Å². The lowest BCUT2D eigenvalue weighted by atomic mass is 10.1.